The minimum absolute atomic E-state index is 0.0502. The largest absolute Gasteiger partial charge is 0.360 e. The van der Waals surface area contributed by atoms with Gasteiger partial charge in [-0.15, -0.1) is 0 Å². The van der Waals surface area contributed by atoms with Crippen LogP contribution < -0.4 is 0 Å². The van der Waals surface area contributed by atoms with Gasteiger partial charge in [-0.05, 0) is 12.1 Å². The molecule has 2 nitrogen and oxygen atoms in total. The number of H-pyrrole nitrogens is 1. The fraction of sp³-hybridized carbons (Fsp3) is 0.250. The van der Waals surface area contributed by atoms with Gasteiger partial charge in [0, 0.05) is 33.6 Å². The Labute approximate surface area is 104 Å². The minimum atomic E-state index is -0.0502. The lowest BCUT2D eigenvalue weighted by Crippen LogP contribution is -2.06. The molecule has 84 valence electrons. The number of fused-ring (bicyclic) bond motifs is 1. The van der Waals surface area contributed by atoms with Crippen molar-refractivity contribution >= 4 is 39.9 Å². The smallest absolute Gasteiger partial charge is 0.167 e. The van der Waals surface area contributed by atoms with Gasteiger partial charge < -0.3 is 4.98 Å². The van der Waals surface area contributed by atoms with E-state index >= 15 is 0 Å². The molecule has 0 atom stereocenters. The standard InChI is InChI=1S/C12H11Cl2NO/c1-6(2)12(16)8-5-15-10-4-7(13)3-9(14)11(8)10/h3-6,15H,1-2H3. The number of rotatable bonds is 2. The topological polar surface area (TPSA) is 32.9 Å². The molecule has 0 bridgehead atoms. The van der Waals surface area contributed by atoms with Crippen LogP contribution in [0.3, 0.4) is 0 Å². The summed E-state index contributed by atoms with van der Waals surface area (Å²) in [5.74, 6) is 0.0289. The first-order valence-corrected chi connectivity index (χ1v) is 5.76. The molecule has 0 aliphatic heterocycles. The lowest BCUT2D eigenvalue weighted by molar-refractivity contribution is 0.0941. The van der Waals surface area contributed by atoms with E-state index in [1.54, 1.807) is 18.3 Å². The van der Waals surface area contributed by atoms with Crippen LogP contribution in [-0.2, 0) is 0 Å². The van der Waals surface area contributed by atoms with E-state index in [0.717, 1.165) is 10.9 Å². The van der Waals surface area contributed by atoms with Crippen molar-refractivity contribution in [2.75, 3.05) is 0 Å². The average molecular weight is 256 g/mol. The van der Waals surface area contributed by atoms with E-state index in [9.17, 15) is 4.79 Å². The molecular weight excluding hydrogens is 245 g/mol. The summed E-state index contributed by atoms with van der Waals surface area (Å²) in [6.07, 6.45) is 1.69. The Morgan fingerprint density at radius 1 is 1.31 bits per heavy atom. The minimum Gasteiger partial charge on any atom is -0.360 e. The molecule has 0 radical (unpaired) electrons. The van der Waals surface area contributed by atoms with E-state index in [0.29, 0.717) is 15.6 Å². The molecule has 0 fully saturated rings. The first-order valence-electron chi connectivity index (χ1n) is 5.01. The lowest BCUT2D eigenvalue weighted by Gasteiger charge is -2.03. The molecule has 16 heavy (non-hydrogen) atoms. The summed E-state index contributed by atoms with van der Waals surface area (Å²) >= 11 is 12.0. The van der Waals surface area contributed by atoms with Crippen LogP contribution in [0.15, 0.2) is 18.3 Å². The van der Waals surface area contributed by atoms with Crippen LogP contribution in [0.5, 0.6) is 0 Å². The molecule has 1 aromatic heterocycles. The number of carbonyl (C=O) groups excluding carboxylic acids is 1. The van der Waals surface area contributed by atoms with Crippen molar-refractivity contribution in [1.82, 2.24) is 4.98 Å². The van der Waals surface area contributed by atoms with Crippen LogP contribution in [-0.4, -0.2) is 10.8 Å². The second-order valence-electron chi connectivity index (χ2n) is 4.03. The average Bonchev–Trinajstić information content (AvgIpc) is 2.59. The molecule has 0 aliphatic rings. The van der Waals surface area contributed by atoms with Crippen molar-refractivity contribution in [2.24, 2.45) is 5.92 Å². The van der Waals surface area contributed by atoms with Gasteiger partial charge in [0.05, 0.1) is 5.02 Å². The molecule has 2 rings (SSSR count). The molecule has 0 unspecified atom stereocenters. The number of nitrogens with one attached hydrogen (secondary N) is 1. The highest BCUT2D eigenvalue weighted by Gasteiger charge is 2.17. The maximum absolute atomic E-state index is 11.9. The summed E-state index contributed by atoms with van der Waals surface area (Å²) in [6, 6.07) is 3.41. The number of halogens is 2. The fourth-order valence-electron chi connectivity index (χ4n) is 1.69. The second kappa shape index (κ2) is 4.11. The monoisotopic (exact) mass is 255 g/mol. The third kappa shape index (κ3) is 1.83. The molecule has 1 aromatic carbocycles. The number of hydrogen-bond donors (Lipinski definition) is 1. The highest BCUT2D eigenvalue weighted by molar-refractivity contribution is 6.39. The van der Waals surface area contributed by atoms with Crippen LogP contribution in [0.2, 0.25) is 10.0 Å². The number of Topliss-reactive ketones (excluding diaryl/α,β-unsaturated/α-hetero) is 1. The Kier molecular flexibility index (Phi) is 2.96. The normalized spacial score (nSPS) is 11.3. The van der Waals surface area contributed by atoms with Crippen molar-refractivity contribution < 1.29 is 4.79 Å². The molecule has 1 heterocycles. The summed E-state index contributed by atoms with van der Waals surface area (Å²) in [5, 5.41) is 1.82. The SMILES string of the molecule is CC(C)C(=O)c1c[nH]c2cc(Cl)cc(Cl)c12. The van der Waals surface area contributed by atoms with E-state index in [1.165, 1.54) is 0 Å². The van der Waals surface area contributed by atoms with Crippen LogP contribution in [0, 0.1) is 5.92 Å². The third-order valence-corrected chi connectivity index (χ3v) is 3.00. The van der Waals surface area contributed by atoms with Gasteiger partial charge in [0.25, 0.3) is 0 Å². The fourth-order valence-corrected chi connectivity index (χ4v) is 2.28. The maximum Gasteiger partial charge on any atom is 0.167 e. The van der Waals surface area contributed by atoms with Gasteiger partial charge in [-0.25, -0.2) is 0 Å². The summed E-state index contributed by atoms with van der Waals surface area (Å²) in [4.78, 5) is 15.0. The van der Waals surface area contributed by atoms with Crippen LogP contribution >= 0.6 is 23.2 Å². The van der Waals surface area contributed by atoms with Crippen molar-refractivity contribution in [3.05, 3.63) is 33.9 Å². The van der Waals surface area contributed by atoms with Crippen LogP contribution in [0.4, 0.5) is 0 Å². The zero-order chi connectivity index (χ0) is 11.9. The first-order chi connectivity index (χ1) is 7.50. The third-order valence-electron chi connectivity index (χ3n) is 2.49. The number of ketones is 1. The quantitative estimate of drug-likeness (QED) is 0.797. The van der Waals surface area contributed by atoms with Crippen LogP contribution in [0.25, 0.3) is 10.9 Å². The van der Waals surface area contributed by atoms with Crippen molar-refractivity contribution in [3.63, 3.8) is 0 Å². The molecule has 0 aliphatic carbocycles. The van der Waals surface area contributed by atoms with Gasteiger partial charge in [0.2, 0.25) is 0 Å². The van der Waals surface area contributed by atoms with Gasteiger partial charge in [0.15, 0.2) is 5.78 Å². The Bertz CT molecular complexity index is 557. The van der Waals surface area contributed by atoms with Gasteiger partial charge in [-0.3, -0.25) is 4.79 Å². The summed E-state index contributed by atoms with van der Waals surface area (Å²) in [6.45, 7) is 3.73. The summed E-state index contributed by atoms with van der Waals surface area (Å²) < 4.78 is 0. The van der Waals surface area contributed by atoms with Crippen molar-refractivity contribution in [3.8, 4) is 0 Å². The van der Waals surface area contributed by atoms with Crippen molar-refractivity contribution in [1.29, 1.82) is 0 Å². The molecule has 0 spiro atoms. The van der Waals surface area contributed by atoms with E-state index < -0.39 is 0 Å². The number of carbonyl (C=O) groups is 1. The Morgan fingerprint density at radius 3 is 2.62 bits per heavy atom. The van der Waals surface area contributed by atoms with E-state index in [4.69, 9.17) is 23.2 Å². The highest BCUT2D eigenvalue weighted by atomic mass is 35.5. The Morgan fingerprint density at radius 2 is 2.00 bits per heavy atom. The molecule has 0 amide bonds. The number of aromatic amines is 1. The highest BCUT2D eigenvalue weighted by Crippen LogP contribution is 2.31. The zero-order valence-electron chi connectivity index (χ0n) is 8.97. The van der Waals surface area contributed by atoms with E-state index in [2.05, 4.69) is 4.98 Å². The van der Waals surface area contributed by atoms with Crippen LogP contribution in [0.1, 0.15) is 24.2 Å². The molecule has 0 saturated carbocycles. The van der Waals surface area contributed by atoms with E-state index in [-0.39, 0.29) is 11.7 Å². The Balaban J connectivity index is 2.69. The van der Waals surface area contributed by atoms with Gasteiger partial charge in [-0.1, -0.05) is 37.0 Å². The molecule has 0 saturated heterocycles. The molecule has 4 heteroatoms. The number of aromatic nitrogens is 1. The predicted octanol–water partition coefficient (Wildman–Crippen LogP) is 4.31. The van der Waals surface area contributed by atoms with Gasteiger partial charge in [0.1, 0.15) is 0 Å². The number of hydrogen-bond acceptors (Lipinski definition) is 1. The van der Waals surface area contributed by atoms with E-state index in [1.807, 2.05) is 13.8 Å². The zero-order valence-corrected chi connectivity index (χ0v) is 10.5. The molecular formula is C12H11Cl2NO. The summed E-state index contributed by atoms with van der Waals surface area (Å²) in [7, 11) is 0. The second-order valence-corrected chi connectivity index (χ2v) is 4.88. The first kappa shape index (κ1) is 11.5. The Hall–Kier alpha value is -0.990. The lowest BCUT2D eigenvalue weighted by atomic mass is 10.0. The van der Waals surface area contributed by atoms with Gasteiger partial charge >= 0.3 is 0 Å². The summed E-state index contributed by atoms with van der Waals surface area (Å²) in [5.41, 5.74) is 1.42. The predicted molar refractivity (Wildman–Crippen MR) is 67.5 cm³/mol. The van der Waals surface area contributed by atoms with Gasteiger partial charge in [-0.2, -0.15) is 0 Å². The number of benzene rings is 1. The maximum atomic E-state index is 11.9. The molecule has 1 N–H and O–H groups in total. The molecule has 2 aromatic rings. The van der Waals surface area contributed by atoms with Crippen molar-refractivity contribution in [2.45, 2.75) is 13.8 Å².